The summed E-state index contributed by atoms with van der Waals surface area (Å²) >= 11 is 5.81. The SMILES string of the molecule is Cc1cn2ccnc(C(=O)Nc3ccc(Cl)c(C(=O)O)c3)c2n1. The van der Waals surface area contributed by atoms with E-state index < -0.39 is 11.9 Å². The van der Waals surface area contributed by atoms with Crippen LogP contribution in [0.3, 0.4) is 0 Å². The zero-order valence-corrected chi connectivity index (χ0v) is 12.7. The molecule has 3 rings (SSSR count). The number of hydrogen-bond donors (Lipinski definition) is 2. The van der Waals surface area contributed by atoms with Gasteiger partial charge >= 0.3 is 5.97 Å². The van der Waals surface area contributed by atoms with Gasteiger partial charge in [0.05, 0.1) is 16.3 Å². The predicted octanol–water partition coefficient (Wildman–Crippen LogP) is 2.64. The molecular formula is C15H11ClN4O3. The number of anilines is 1. The zero-order chi connectivity index (χ0) is 16.6. The van der Waals surface area contributed by atoms with Crippen LogP contribution >= 0.6 is 11.6 Å². The number of halogens is 1. The summed E-state index contributed by atoms with van der Waals surface area (Å²) in [4.78, 5) is 31.8. The van der Waals surface area contributed by atoms with Gasteiger partial charge in [-0.2, -0.15) is 0 Å². The fourth-order valence-electron chi connectivity index (χ4n) is 2.16. The second-order valence-electron chi connectivity index (χ2n) is 4.84. The summed E-state index contributed by atoms with van der Waals surface area (Å²) in [5, 5.41) is 11.8. The maximum absolute atomic E-state index is 12.4. The molecule has 7 nitrogen and oxygen atoms in total. The second-order valence-corrected chi connectivity index (χ2v) is 5.25. The number of hydrogen-bond acceptors (Lipinski definition) is 4. The molecule has 23 heavy (non-hydrogen) atoms. The standard InChI is InChI=1S/C15H11ClN4O3/c1-8-7-20-5-4-17-12(13(20)18-8)14(21)19-9-2-3-11(16)10(6-9)15(22)23/h2-7H,1H3,(H,19,21)(H,22,23). The minimum atomic E-state index is -1.17. The van der Waals surface area contributed by atoms with Crippen molar-refractivity contribution < 1.29 is 14.7 Å². The third kappa shape index (κ3) is 2.86. The Morgan fingerprint density at radius 3 is 2.87 bits per heavy atom. The first-order valence-corrected chi connectivity index (χ1v) is 6.98. The molecular weight excluding hydrogens is 320 g/mol. The number of nitrogens with zero attached hydrogens (tertiary/aromatic N) is 3. The molecule has 0 saturated carbocycles. The van der Waals surface area contributed by atoms with Gasteiger partial charge in [-0.15, -0.1) is 0 Å². The van der Waals surface area contributed by atoms with Crippen molar-refractivity contribution >= 4 is 34.8 Å². The van der Waals surface area contributed by atoms with E-state index >= 15 is 0 Å². The van der Waals surface area contributed by atoms with Crippen LogP contribution in [0.5, 0.6) is 0 Å². The van der Waals surface area contributed by atoms with Crippen molar-refractivity contribution in [1.29, 1.82) is 0 Å². The summed E-state index contributed by atoms with van der Waals surface area (Å²) in [6, 6.07) is 4.22. The quantitative estimate of drug-likeness (QED) is 0.769. The topological polar surface area (TPSA) is 96.6 Å². The average Bonchev–Trinajstić information content (AvgIpc) is 2.88. The van der Waals surface area contributed by atoms with E-state index in [1.807, 2.05) is 6.92 Å². The second kappa shape index (κ2) is 5.69. The summed E-state index contributed by atoms with van der Waals surface area (Å²) in [5.74, 6) is -1.66. The van der Waals surface area contributed by atoms with Crippen LogP contribution in [-0.2, 0) is 0 Å². The molecule has 0 saturated heterocycles. The van der Waals surface area contributed by atoms with E-state index in [-0.39, 0.29) is 16.3 Å². The average molecular weight is 331 g/mol. The van der Waals surface area contributed by atoms with E-state index in [1.54, 1.807) is 16.8 Å². The van der Waals surface area contributed by atoms with E-state index in [0.29, 0.717) is 11.3 Å². The highest BCUT2D eigenvalue weighted by Crippen LogP contribution is 2.21. The number of carbonyl (C=O) groups excluding carboxylic acids is 1. The Morgan fingerprint density at radius 2 is 2.13 bits per heavy atom. The minimum Gasteiger partial charge on any atom is -0.478 e. The van der Waals surface area contributed by atoms with Crippen molar-refractivity contribution in [2.75, 3.05) is 5.32 Å². The normalized spacial score (nSPS) is 10.7. The van der Waals surface area contributed by atoms with Gasteiger partial charge in [-0.3, -0.25) is 4.79 Å². The fraction of sp³-hybridized carbons (Fsp3) is 0.0667. The number of rotatable bonds is 3. The summed E-state index contributed by atoms with van der Waals surface area (Å²) in [6.07, 6.45) is 4.96. The summed E-state index contributed by atoms with van der Waals surface area (Å²) in [7, 11) is 0. The number of benzene rings is 1. The molecule has 0 unspecified atom stereocenters. The molecule has 0 fully saturated rings. The number of aryl methyl sites for hydroxylation is 1. The van der Waals surface area contributed by atoms with Gasteiger partial charge in [-0.25, -0.2) is 14.8 Å². The predicted molar refractivity (Wildman–Crippen MR) is 84.1 cm³/mol. The zero-order valence-electron chi connectivity index (χ0n) is 11.9. The number of carboxylic acid groups (broad SMARTS) is 1. The van der Waals surface area contributed by atoms with Gasteiger partial charge in [0, 0.05) is 24.3 Å². The number of fused-ring (bicyclic) bond motifs is 1. The van der Waals surface area contributed by atoms with Gasteiger partial charge in [0.2, 0.25) is 0 Å². The number of amides is 1. The molecule has 8 heteroatoms. The van der Waals surface area contributed by atoms with Crippen molar-refractivity contribution in [3.8, 4) is 0 Å². The van der Waals surface area contributed by atoms with Gasteiger partial charge in [0.15, 0.2) is 11.3 Å². The van der Waals surface area contributed by atoms with Gasteiger partial charge in [0.25, 0.3) is 5.91 Å². The number of carboxylic acids is 1. The van der Waals surface area contributed by atoms with Crippen LogP contribution in [0, 0.1) is 6.92 Å². The molecule has 0 spiro atoms. The number of imidazole rings is 1. The molecule has 0 radical (unpaired) electrons. The Bertz CT molecular complexity index is 936. The van der Waals surface area contributed by atoms with E-state index in [1.165, 1.54) is 24.4 Å². The number of aromatic nitrogens is 3. The van der Waals surface area contributed by atoms with Crippen molar-refractivity contribution in [3.63, 3.8) is 0 Å². The highest BCUT2D eigenvalue weighted by atomic mass is 35.5. The van der Waals surface area contributed by atoms with E-state index in [0.717, 1.165) is 5.69 Å². The maximum atomic E-state index is 12.4. The molecule has 0 bridgehead atoms. The lowest BCUT2D eigenvalue weighted by molar-refractivity contribution is 0.0696. The van der Waals surface area contributed by atoms with E-state index in [9.17, 15) is 9.59 Å². The molecule has 2 heterocycles. The van der Waals surface area contributed by atoms with Crippen LogP contribution in [0.2, 0.25) is 5.02 Å². The molecule has 0 aliphatic carbocycles. The molecule has 0 aliphatic rings. The lowest BCUT2D eigenvalue weighted by atomic mass is 10.2. The molecule has 1 aromatic carbocycles. The van der Waals surface area contributed by atoms with Gasteiger partial charge in [0.1, 0.15) is 0 Å². The highest BCUT2D eigenvalue weighted by molar-refractivity contribution is 6.33. The van der Waals surface area contributed by atoms with Gasteiger partial charge < -0.3 is 14.8 Å². The molecule has 2 N–H and O–H groups in total. The lowest BCUT2D eigenvalue weighted by Crippen LogP contribution is -2.15. The van der Waals surface area contributed by atoms with Crippen molar-refractivity contribution in [3.05, 3.63) is 58.8 Å². The molecule has 1 amide bonds. The van der Waals surface area contributed by atoms with Crippen molar-refractivity contribution in [1.82, 2.24) is 14.4 Å². The first-order valence-electron chi connectivity index (χ1n) is 6.60. The van der Waals surface area contributed by atoms with Crippen LogP contribution in [-0.4, -0.2) is 31.4 Å². The molecule has 0 atom stereocenters. The van der Waals surface area contributed by atoms with E-state index in [4.69, 9.17) is 16.7 Å². The van der Waals surface area contributed by atoms with Crippen LogP contribution in [0.4, 0.5) is 5.69 Å². The fourth-order valence-corrected chi connectivity index (χ4v) is 2.36. The van der Waals surface area contributed by atoms with Crippen LogP contribution in [0.15, 0.2) is 36.8 Å². The van der Waals surface area contributed by atoms with Crippen LogP contribution in [0.25, 0.3) is 5.65 Å². The first kappa shape index (κ1) is 15.0. The minimum absolute atomic E-state index is 0.0905. The van der Waals surface area contributed by atoms with Gasteiger partial charge in [-0.1, -0.05) is 11.6 Å². The smallest absolute Gasteiger partial charge is 0.337 e. The van der Waals surface area contributed by atoms with Gasteiger partial charge in [-0.05, 0) is 25.1 Å². The maximum Gasteiger partial charge on any atom is 0.337 e. The Kier molecular flexibility index (Phi) is 3.71. The lowest BCUT2D eigenvalue weighted by Gasteiger charge is -2.07. The number of aromatic carboxylic acids is 1. The number of carbonyl (C=O) groups is 2. The Labute approximate surface area is 135 Å². The Morgan fingerprint density at radius 1 is 1.35 bits per heavy atom. The molecule has 116 valence electrons. The van der Waals surface area contributed by atoms with Crippen LogP contribution < -0.4 is 5.32 Å². The molecule has 2 aromatic heterocycles. The van der Waals surface area contributed by atoms with Crippen molar-refractivity contribution in [2.24, 2.45) is 0 Å². The Balaban J connectivity index is 1.95. The summed E-state index contributed by atoms with van der Waals surface area (Å²) in [6.45, 7) is 1.81. The molecule has 0 aliphatic heterocycles. The number of nitrogens with one attached hydrogen (secondary N) is 1. The third-order valence-electron chi connectivity index (χ3n) is 3.17. The summed E-state index contributed by atoms with van der Waals surface area (Å²) in [5.41, 5.74) is 1.55. The first-order chi connectivity index (χ1) is 11.0. The highest BCUT2D eigenvalue weighted by Gasteiger charge is 2.16. The molecule has 3 aromatic rings. The Hall–Kier alpha value is -2.93. The largest absolute Gasteiger partial charge is 0.478 e. The van der Waals surface area contributed by atoms with Crippen molar-refractivity contribution in [2.45, 2.75) is 6.92 Å². The van der Waals surface area contributed by atoms with Crippen LogP contribution in [0.1, 0.15) is 26.5 Å². The van der Waals surface area contributed by atoms with E-state index in [2.05, 4.69) is 15.3 Å². The monoisotopic (exact) mass is 330 g/mol. The summed E-state index contributed by atoms with van der Waals surface area (Å²) < 4.78 is 1.70. The third-order valence-corrected chi connectivity index (χ3v) is 3.49.